The largest absolute Gasteiger partial charge is 0.497 e. The molecular formula is C20H20N2O4. The van der Waals surface area contributed by atoms with Gasteiger partial charge in [-0.05, 0) is 35.4 Å². The van der Waals surface area contributed by atoms with Gasteiger partial charge in [0.05, 0.1) is 26.7 Å². The van der Waals surface area contributed by atoms with Gasteiger partial charge in [0.15, 0.2) is 0 Å². The third-order valence-electron chi connectivity index (χ3n) is 4.26. The molecule has 1 aliphatic heterocycles. The number of amides is 2. The number of anilines is 1. The smallest absolute Gasteiger partial charge is 0.326 e. The lowest BCUT2D eigenvalue weighted by Crippen LogP contribution is -2.39. The number of ether oxygens (including phenoxy) is 2. The van der Waals surface area contributed by atoms with E-state index in [1.165, 1.54) is 12.0 Å². The summed E-state index contributed by atoms with van der Waals surface area (Å²) < 4.78 is 9.95. The number of esters is 1. The fourth-order valence-electron chi connectivity index (χ4n) is 2.88. The maximum Gasteiger partial charge on any atom is 0.326 e. The SMILES string of the molecule is COC(=O)CC1c2ccccc2NC(=O)N1/C=C/c1ccc(OC)cc1. The average Bonchev–Trinajstić information content (AvgIpc) is 2.67. The Morgan fingerprint density at radius 2 is 1.88 bits per heavy atom. The first-order valence-corrected chi connectivity index (χ1v) is 8.19. The number of carbonyl (C=O) groups is 2. The minimum absolute atomic E-state index is 0.0773. The second kappa shape index (κ2) is 7.74. The van der Waals surface area contributed by atoms with Crippen molar-refractivity contribution in [3.05, 3.63) is 65.9 Å². The number of methoxy groups -OCH3 is 2. The van der Waals surface area contributed by atoms with Crippen LogP contribution in [0.4, 0.5) is 10.5 Å². The van der Waals surface area contributed by atoms with Gasteiger partial charge >= 0.3 is 12.0 Å². The summed E-state index contributed by atoms with van der Waals surface area (Å²) in [6, 6.07) is 14.2. The van der Waals surface area contributed by atoms with Crippen molar-refractivity contribution in [1.29, 1.82) is 0 Å². The molecule has 0 saturated carbocycles. The Hall–Kier alpha value is -3.28. The molecule has 6 heteroatoms. The zero-order valence-electron chi connectivity index (χ0n) is 14.6. The molecule has 1 aliphatic rings. The minimum atomic E-state index is -0.429. The summed E-state index contributed by atoms with van der Waals surface area (Å²) in [6.45, 7) is 0. The predicted octanol–water partition coefficient (Wildman–Crippen LogP) is 3.82. The van der Waals surface area contributed by atoms with Crippen molar-refractivity contribution < 1.29 is 19.1 Å². The number of nitrogens with zero attached hydrogens (tertiary/aromatic N) is 1. The van der Waals surface area contributed by atoms with Crippen LogP contribution in [0.15, 0.2) is 54.7 Å². The number of rotatable bonds is 5. The first-order chi connectivity index (χ1) is 12.6. The molecule has 134 valence electrons. The van der Waals surface area contributed by atoms with Gasteiger partial charge in [0.25, 0.3) is 0 Å². The summed E-state index contributed by atoms with van der Waals surface area (Å²) in [4.78, 5) is 25.9. The molecule has 0 aromatic heterocycles. The zero-order valence-corrected chi connectivity index (χ0v) is 14.6. The van der Waals surface area contributed by atoms with Crippen LogP contribution in [0.25, 0.3) is 6.08 Å². The molecule has 0 fully saturated rings. The Balaban J connectivity index is 1.90. The minimum Gasteiger partial charge on any atom is -0.497 e. The van der Waals surface area contributed by atoms with Gasteiger partial charge in [-0.3, -0.25) is 9.69 Å². The number of hydrogen-bond donors (Lipinski definition) is 1. The highest BCUT2D eigenvalue weighted by atomic mass is 16.5. The van der Waals surface area contributed by atoms with Crippen molar-refractivity contribution in [3.8, 4) is 5.75 Å². The normalized spacial score (nSPS) is 16.2. The number of nitrogens with one attached hydrogen (secondary N) is 1. The molecule has 2 aromatic carbocycles. The van der Waals surface area contributed by atoms with Crippen molar-refractivity contribution in [3.63, 3.8) is 0 Å². The number of fused-ring (bicyclic) bond motifs is 1. The van der Waals surface area contributed by atoms with Crippen LogP contribution in [-0.2, 0) is 9.53 Å². The van der Waals surface area contributed by atoms with E-state index in [2.05, 4.69) is 5.32 Å². The Morgan fingerprint density at radius 1 is 1.15 bits per heavy atom. The van der Waals surface area contributed by atoms with E-state index in [0.29, 0.717) is 5.69 Å². The van der Waals surface area contributed by atoms with E-state index < -0.39 is 6.04 Å². The summed E-state index contributed by atoms with van der Waals surface area (Å²) in [5.74, 6) is 0.387. The summed E-state index contributed by atoms with van der Waals surface area (Å²) in [7, 11) is 2.95. The van der Waals surface area contributed by atoms with Crippen LogP contribution in [0.5, 0.6) is 5.75 Å². The predicted molar refractivity (Wildman–Crippen MR) is 98.7 cm³/mol. The molecule has 1 heterocycles. The molecule has 0 saturated heterocycles. The number of hydrogen-bond acceptors (Lipinski definition) is 4. The fourth-order valence-corrected chi connectivity index (χ4v) is 2.88. The van der Waals surface area contributed by atoms with Crippen molar-refractivity contribution in [2.75, 3.05) is 19.5 Å². The lowest BCUT2D eigenvalue weighted by atomic mass is 9.98. The second-order valence-electron chi connectivity index (χ2n) is 5.81. The summed E-state index contributed by atoms with van der Waals surface area (Å²) in [5, 5.41) is 2.85. The van der Waals surface area contributed by atoms with Crippen LogP contribution >= 0.6 is 0 Å². The van der Waals surface area contributed by atoms with E-state index >= 15 is 0 Å². The fraction of sp³-hybridized carbons (Fsp3) is 0.200. The average molecular weight is 352 g/mol. The highest BCUT2D eigenvalue weighted by molar-refractivity contribution is 5.94. The van der Waals surface area contributed by atoms with Gasteiger partial charge in [-0.25, -0.2) is 4.79 Å². The second-order valence-corrected chi connectivity index (χ2v) is 5.81. The molecular weight excluding hydrogens is 332 g/mol. The molecule has 0 aliphatic carbocycles. The molecule has 0 spiro atoms. The van der Waals surface area contributed by atoms with Gasteiger partial charge in [0.1, 0.15) is 5.75 Å². The van der Waals surface area contributed by atoms with E-state index in [1.807, 2.05) is 54.6 Å². The Kier molecular flexibility index (Phi) is 5.22. The topological polar surface area (TPSA) is 67.9 Å². The molecule has 0 radical (unpaired) electrons. The van der Waals surface area contributed by atoms with Gasteiger partial charge in [-0.2, -0.15) is 0 Å². The van der Waals surface area contributed by atoms with Gasteiger partial charge in [-0.1, -0.05) is 30.3 Å². The number of carbonyl (C=O) groups excluding carboxylic acids is 2. The van der Waals surface area contributed by atoms with Gasteiger partial charge in [0, 0.05) is 11.9 Å². The van der Waals surface area contributed by atoms with Gasteiger partial charge < -0.3 is 14.8 Å². The van der Waals surface area contributed by atoms with E-state index in [1.54, 1.807) is 13.3 Å². The highest BCUT2D eigenvalue weighted by Crippen LogP contribution is 2.35. The quantitative estimate of drug-likeness (QED) is 0.831. The molecule has 2 aromatic rings. The number of benzene rings is 2. The molecule has 0 bridgehead atoms. The van der Waals surface area contributed by atoms with E-state index in [9.17, 15) is 9.59 Å². The summed E-state index contributed by atoms with van der Waals surface area (Å²) >= 11 is 0. The van der Waals surface area contributed by atoms with Crippen molar-refractivity contribution in [2.24, 2.45) is 0 Å². The Bertz CT molecular complexity index is 830. The van der Waals surface area contributed by atoms with E-state index in [-0.39, 0.29) is 18.4 Å². The third kappa shape index (κ3) is 3.69. The standard InChI is InChI=1S/C20H20N2O4/c1-25-15-9-7-14(8-10-15)11-12-22-18(13-19(23)26-2)16-5-3-4-6-17(16)21-20(22)24/h3-12,18H,13H2,1-2H3,(H,21,24)/b12-11+. The van der Waals surface area contributed by atoms with Crippen LogP contribution in [0, 0.1) is 0 Å². The van der Waals surface area contributed by atoms with E-state index in [0.717, 1.165) is 16.9 Å². The summed E-state index contributed by atoms with van der Waals surface area (Å²) in [5.41, 5.74) is 2.49. The Labute approximate surface area is 152 Å². The van der Waals surface area contributed by atoms with Crippen LogP contribution in [0.2, 0.25) is 0 Å². The number of urea groups is 1. The Morgan fingerprint density at radius 3 is 2.58 bits per heavy atom. The molecule has 1 unspecified atom stereocenters. The van der Waals surface area contributed by atoms with E-state index in [4.69, 9.17) is 9.47 Å². The maximum atomic E-state index is 12.6. The molecule has 26 heavy (non-hydrogen) atoms. The third-order valence-corrected chi connectivity index (χ3v) is 4.26. The first kappa shape index (κ1) is 17.5. The van der Waals surface area contributed by atoms with Crippen LogP contribution in [0.3, 0.4) is 0 Å². The number of para-hydroxylation sites is 1. The zero-order chi connectivity index (χ0) is 18.5. The van der Waals surface area contributed by atoms with Crippen molar-refractivity contribution >= 4 is 23.8 Å². The van der Waals surface area contributed by atoms with Crippen LogP contribution in [0.1, 0.15) is 23.6 Å². The first-order valence-electron chi connectivity index (χ1n) is 8.19. The van der Waals surface area contributed by atoms with Gasteiger partial charge in [0.2, 0.25) is 0 Å². The van der Waals surface area contributed by atoms with Gasteiger partial charge in [-0.15, -0.1) is 0 Å². The molecule has 3 rings (SSSR count). The lowest BCUT2D eigenvalue weighted by molar-refractivity contribution is -0.141. The van der Waals surface area contributed by atoms with Crippen LogP contribution < -0.4 is 10.1 Å². The molecule has 6 nitrogen and oxygen atoms in total. The molecule has 2 amide bonds. The highest BCUT2D eigenvalue weighted by Gasteiger charge is 2.32. The monoisotopic (exact) mass is 352 g/mol. The van der Waals surface area contributed by atoms with Crippen molar-refractivity contribution in [2.45, 2.75) is 12.5 Å². The summed E-state index contributed by atoms with van der Waals surface area (Å²) in [6.07, 6.45) is 3.58. The van der Waals surface area contributed by atoms with Crippen molar-refractivity contribution in [1.82, 2.24) is 4.90 Å². The molecule has 1 atom stereocenters. The lowest BCUT2D eigenvalue weighted by Gasteiger charge is -2.34. The maximum absolute atomic E-state index is 12.6. The molecule has 1 N–H and O–H groups in total. The van der Waals surface area contributed by atoms with Crippen LogP contribution in [-0.4, -0.2) is 31.1 Å².